The first-order chi connectivity index (χ1) is 8.77. The highest BCUT2D eigenvalue weighted by molar-refractivity contribution is 4.99. The van der Waals surface area contributed by atoms with Crippen LogP contribution in [0.4, 0.5) is 0 Å². The summed E-state index contributed by atoms with van der Waals surface area (Å²) < 4.78 is 0. The zero-order valence-electron chi connectivity index (χ0n) is 12.3. The van der Waals surface area contributed by atoms with Gasteiger partial charge in [-0.25, -0.2) is 0 Å². The number of rotatable bonds is 2. The van der Waals surface area contributed by atoms with E-state index in [1.165, 1.54) is 64.6 Å². The highest BCUT2D eigenvalue weighted by Gasteiger charge is 2.43. The minimum Gasteiger partial charge on any atom is -0.298 e. The van der Waals surface area contributed by atoms with Gasteiger partial charge in [-0.05, 0) is 52.0 Å². The minimum atomic E-state index is 0.736. The molecule has 18 heavy (non-hydrogen) atoms. The molecule has 3 aliphatic rings. The first-order valence-corrected chi connectivity index (χ1v) is 8.27. The van der Waals surface area contributed by atoms with Crippen LogP contribution in [0.1, 0.15) is 58.8 Å². The molecule has 2 aliphatic heterocycles. The molecule has 1 saturated carbocycles. The van der Waals surface area contributed by atoms with Gasteiger partial charge in [-0.2, -0.15) is 0 Å². The Kier molecular flexibility index (Phi) is 3.95. The zero-order valence-corrected chi connectivity index (χ0v) is 12.3. The summed E-state index contributed by atoms with van der Waals surface area (Å²) in [4.78, 5) is 5.65. The second-order valence-corrected chi connectivity index (χ2v) is 6.97. The molecule has 2 nitrogen and oxygen atoms in total. The van der Waals surface area contributed by atoms with Crippen molar-refractivity contribution in [3.05, 3.63) is 0 Å². The standard InChI is InChI=1S/C16H30N2/c1-13(2)18-12-11-17-10-6-9-15(17)16(18)14-7-4-3-5-8-14/h13-16H,3-12H2,1-2H3/t15-,16-/m1/s1. The van der Waals surface area contributed by atoms with Crippen molar-refractivity contribution in [1.82, 2.24) is 9.80 Å². The number of hydrogen-bond acceptors (Lipinski definition) is 2. The van der Waals surface area contributed by atoms with Crippen LogP contribution in [0.15, 0.2) is 0 Å². The van der Waals surface area contributed by atoms with Crippen molar-refractivity contribution in [3.8, 4) is 0 Å². The molecule has 2 saturated heterocycles. The molecule has 104 valence electrons. The number of hydrogen-bond donors (Lipinski definition) is 0. The van der Waals surface area contributed by atoms with Crippen molar-refractivity contribution in [1.29, 1.82) is 0 Å². The van der Waals surface area contributed by atoms with Crippen molar-refractivity contribution in [3.63, 3.8) is 0 Å². The predicted molar refractivity (Wildman–Crippen MR) is 76.8 cm³/mol. The molecule has 0 N–H and O–H groups in total. The molecule has 2 heterocycles. The molecule has 0 amide bonds. The Labute approximate surface area is 113 Å². The maximum absolute atomic E-state index is 2.85. The molecular weight excluding hydrogens is 220 g/mol. The van der Waals surface area contributed by atoms with Gasteiger partial charge < -0.3 is 0 Å². The molecule has 2 atom stereocenters. The third kappa shape index (κ3) is 2.34. The van der Waals surface area contributed by atoms with Gasteiger partial charge in [0.2, 0.25) is 0 Å². The van der Waals surface area contributed by atoms with Crippen molar-refractivity contribution < 1.29 is 0 Å². The number of nitrogens with zero attached hydrogens (tertiary/aromatic N) is 2. The Hall–Kier alpha value is -0.0800. The fourth-order valence-electron chi connectivity index (χ4n) is 4.79. The summed E-state index contributed by atoms with van der Waals surface area (Å²) in [6.07, 6.45) is 10.4. The van der Waals surface area contributed by atoms with Gasteiger partial charge in [-0.1, -0.05) is 19.3 Å². The van der Waals surface area contributed by atoms with Crippen LogP contribution in [-0.4, -0.2) is 47.6 Å². The summed E-state index contributed by atoms with van der Waals surface area (Å²) >= 11 is 0. The fourth-order valence-corrected chi connectivity index (χ4v) is 4.79. The van der Waals surface area contributed by atoms with E-state index in [9.17, 15) is 0 Å². The van der Waals surface area contributed by atoms with Gasteiger partial charge in [0, 0.05) is 31.2 Å². The maximum atomic E-state index is 2.85. The topological polar surface area (TPSA) is 6.48 Å². The predicted octanol–water partition coefficient (Wildman–Crippen LogP) is 3.12. The molecule has 3 fully saturated rings. The number of piperazine rings is 1. The Bertz CT molecular complexity index is 268. The van der Waals surface area contributed by atoms with Crippen molar-refractivity contribution >= 4 is 0 Å². The average Bonchev–Trinajstić information content (AvgIpc) is 2.86. The lowest BCUT2D eigenvalue weighted by Crippen LogP contribution is -2.61. The summed E-state index contributed by atoms with van der Waals surface area (Å²) in [6.45, 7) is 8.82. The first kappa shape index (κ1) is 12.9. The van der Waals surface area contributed by atoms with Crippen LogP contribution in [0, 0.1) is 5.92 Å². The molecule has 0 bridgehead atoms. The van der Waals surface area contributed by atoms with E-state index in [1.807, 2.05) is 0 Å². The van der Waals surface area contributed by atoms with Crippen molar-refractivity contribution in [2.24, 2.45) is 5.92 Å². The van der Waals surface area contributed by atoms with Gasteiger partial charge >= 0.3 is 0 Å². The second-order valence-electron chi connectivity index (χ2n) is 6.97. The van der Waals surface area contributed by atoms with Crippen molar-refractivity contribution in [2.45, 2.75) is 76.9 Å². The Morgan fingerprint density at radius 1 is 0.833 bits per heavy atom. The van der Waals surface area contributed by atoms with Crippen LogP contribution >= 0.6 is 0 Å². The fraction of sp³-hybridized carbons (Fsp3) is 1.00. The van der Waals surface area contributed by atoms with E-state index in [0.29, 0.717) is 0 Å². The summed E-state index contributed by atoms with van der Waals surface area (Å²) in [5.74, 6) is 0.993. The quantitative estimate of drug-likeness (QED) is 0.743. The van der Waals surface area contributed by atoms with Crippen LogP contribution in [0.2, 0.25) is 0 Å². The van der Waals surface area contributed by atoms with E-state index >= 15 is 0 Å². The maximum Gasteiger partial charge on any atom is 0.0283 e. The van der Waals surface area contributed by atoms with Gasteiger partial charge in [0.05, 0.1) is 0 Å². The van der Waals surface area contributed by atoms with Crippen LogP contribution in [0.3, 0.4) is 0 Å². The highest BCUT2D eigenvalue weighted by Crippen LogP contribution is 2.38. The van der Waals surface area contributed by atoms with Crippen molar-refractivity contribution in [2.75, 3.05) is 19.6 Å². The van der Waals surface area contributed by atoms with E-state index in [4.69, 9.17) is 0 Å². The monoisotopic (exact) mass is 250 g/mol. The second kappa shape index (κ2) is 5.50. The molecule has 0 aromatic heterocycles. The van der Waals surface area contributed by atoms with Crippen LogP contribution < -0.4 is 0 Å². The average molecular weight is 250 g/mol. The Balaban J connectivity index is 1.78. The molecule has 3 rings (SSSR count). The smallest absolute Gasteiger partial charge is 0.0283 e. The SMILES string of the molecule is CC(C)N1CCN2CCC[C@@H]2[C@H]1C1CCCCC1. The minimum absolute atomic E-state index is 0.736. The summed E-state index contributed by atoms with van der Waals surface area (Å²) in [6, 6.07) is 2.51. The third-order valence-corrected chi connectivity index (χ3v) is 5.63. The van der Waals surface area contributed by atoms with E-state index in [1.54, 1.807) is 0 Å². The Morgan fingerprint density at radius 2 is 1.61 bits per heavy atom. The van der Waals surface area contributed by atoms with Crippen LogP contribution in [-0.2, 0) is 0 Å². The summed E-state index contributed by atoms with van der Waals surface area (Å²) in [5.41, 5.74) is 0. The molecule has 0 radical (unpaired) electrons. The van der Waals surface area contributed by atoms with E-state index in [-0.39, 0.29) is 0 Å². The molecular formula is C16H30N2. The van der Waals surface area contributed by atoms with E-state index in [0.717, 1.165) is 24.0 Å². The van der Waals surface area contributed by atoms with E-state index in [2.05, 4.69) is 23.6 Å². The molecule has 1 aliphatic carbocycles. The summed E-state index contributed by atoms with van der Waals surface area (Å²) in [5, 5.41) is 0. The van der Waals surface area contributed by atoms with Gasteiger partial charge in [-0.15, -0.1) is 0 Å². The lowest BCUT2D eigenvalue weighted by Gasteiger charge is -2.50. The largest absolute Gasteiger partial charge is 0.298 e. The van der Waals surface area contributed by atoms with E-state index < -0.39 is 0 Å². The van der Waals surface area contributed by atoms with Gasteiger partial charge in [0.1, 0.15) is 0 Å². The number of fused-ring (bicyclic) bond motifs is 1. The molecule has 0 aromatic carbocycles. The third-order valence-electron chi connectivity index (χ3n) is 5.63. The first-order valence-electron chi connectivity index (χ1n) is 8.27. The molecule has 2 heteroatoms. The van der Waals surface area contributed by atoms with Crippen LogP contribution in [0.25, 0.3) is 0 Å². The lowest BCUT2D eigenvalue weighted by atomic mass is 9.78. The highest BCUT2D eigenvalue weighted by atomic mass is 15.3. The summed E-state index contributed by atoms with van der Waals surface area (Å²) in [7, 11) is 0. The van der Waals surface area contributed by atoms with Gasteiger partial charge in [0.25, 0.3) is 0 Å². The molecule has 0 aromatic rings. The Morgan fingerprint density at radius 3 is 2.33 bits per heavy atom. The van der Waals surface area contributed by atoms with Crippen LogP contribution in [0.5, 0.6) is 0 Å². The van der Waals surface area contributed by atoms with Gasteiger partial charge in [-0.3, -0.25) is 9.80 Å². The molecule has 0 spiro atoms. The zero-order chi connectivity index (χ0) is 12.5. The normalized spacial score (nSPS) is 36.2. The van der Waals surface area contributed by atoms with Gasteiger partial charge in [0.15, 0.2) is 0 Å². The molecule has 0 unspecified atom stereocenters. The lowest BCUT2D eigenvalue weighted by molar-refractivity contribution is -0.0162.